The Morgan fingerprint density at radius 1 is 1.04 bits per heavy atom. The van der Waals surface area contributed by atoms with Gasteiger partial charge in [-0.3, -0.25) is 0 Å². The maximum absolute atomic E-state index is 9.68. The summed E-state index contributed by atoms with van der Waals surface area (Å²) in [4.78, 5) is 0. The Morgan fingerprint density at radius 3 is 2.44 bits per heavy atom. The molecule has 0 fully saturated rings. The van der Waals surface area contributed by atoms with Crippen LogP contribution in [0.15, 0.2) is 76.9 Å². The number of hydrogen-bond donors (Lipinski definition) is 1. The van der Waals surface area contributed by atoms with E-state index in [0.717, 1.165) is 40.9 Å². The van der Waals surface area contributed by atoms with E-state index in [2.05, 4.69) is 6.07 Å². The van der Waals surface area contributed by atoms with Gasteiger partial charge in [0.2, 0.25) is 5.88 Å². The van der Waals surface area contributed by atoms with Crippen molar-refractivity contribution in [3.63, 3.8) is 0 Å². The number of nitrogens with zero attached hydrogens (tertiary/aromatic N) is 1. The molecule has 2 aromatic rings. The van der Waals surface area contributed by atoms with Crippen molar-refractivity contribution in [2.45, 2.75) is 18.8 Å². The zero-order valence-electron chi connectivity index (χ0n) is 14.4. The number of rotatable bonds is 2. The summed E-state index contributed by atoms with van der Waals surface area (Å²) in [6, 6.07) is 17.4. The van der Waals surface area contributed by atoms with E-state index in [1.165, 1.54) is 0 Å². The number of allylic oxidation sites excluding steroid dienone is 3. The molecule has 0 unspecified atom stereocenters. The average Bonchev–Trinajstić information content (AvgIpc) is 3.05. The zero-order chi connectivity index (χ0) is 19.0. The van der Waals surface area contributed by atoms with Gasteiger partial charge in [0.15, 0.2) is 0 Å². The molecule has 0 bridgehead atoms. The SMILES string of the molecule is N#CC1=C(N)OC2=C(CC/C2=C\c2ccccc2Cl)[C@@H]1c1ccccc1Cl. The molecule has 3 nitrogen and oxygen atoms in total. The monoisotopic (exact) mass is 394 g/mol. The number of halogens is 2. The van der Waals surface area contributed by atoms with Crippen molar-refractivity contribution in [3.8, 4) is 6.07 Å². The van der Waals surface area contributed by atoms with Gasteiger partial charge in [-0.05, 0) is 53.3 Å². The fourth-order valence-corrected chi connectivity index (χ4v) is 4.12. The van der Waals surface area contributed by atoms with Crippen LogP contribution in [0.1, 0.15) is 29.9 Å². The lowest BCUT2D eigenvalue weighted by Gasteiger charge is -2.26. The van der Waals surface area contributed by atoms with E-state index < -0.39 is 0 Å². The third-order valence-electron chi connectivity index (χ3n) is 4.93. The van der Waals surface area contributed by atoms with Gasteiger partial charge < -0.3 is 10.5 Å². The predicted molar refractivity (Wildman–Crippen MR) is 108 cm³/mol. The third kappa shape index (κ3) is 3.12. The van der Waals surface area contributed by atoms with Crippen LogP contribution in [0.3, 0.4) is 0 Å². The van der Waals surface area contributed by atoms with E-state index in [9.17, 15) is 5.26 Å². The number of ether oxygens (including phenoxy) is 1. The Balaban J connectivity index is 1.84. The minimum absolute atomic E-state index is 0.133. The Labute approximate surface area is 168 Å². The molecule has 0 spiro atoms. The lowest BCUT2D eigenvalue weighted by Crippen LogP contribution is -2.19. The summed E-state index contributed by atoms with van der Waals surface area (Å²) in [7, 11) is 0. The highest BCUT2D eigenvalue weighted by atomic mass is 35.5. The van der Waals surface area contributed by atoms with Crippen LogP contribution < -0.4 is 5.73 Å². The Kier molecular flexibility index (Phi) is 4.70. The molecule has 2 aromatic carbocycles. The Hall–Kier alpha value is -2.67. The van der Waals surface area contributed by atoms with Crippen molar-refractivity contribution in [3.05, 3.63) is 98.1 Å². The molecule has 134 valence electrons. The van der Waals surface area contributed by atoms with Crippen molar-refractivity contribution in [2.75, 3.05) is 0 Å². The predicted octanol–water partition coefficient (Wildman–Crippen LogP) is 5.93. The standard InChI is InChI=1S/C22H16Cl2N2O/c23-18-7-3-1-5-13(18)11-14-9-10-16-20(15-6-2-4-8-19(15)24)17(12-25)22(26)27-21(14)16/h1-8,11,20H,9-10,26H2/b14-11+/t20-/m0/s1. The van der Waals surface area contributed by atoms with Crippen LogP contribution in [-0.2, 0) is 4.74 Å². The van der Waals surface area contributed by atoms with Gasteiger partial charge in [-0.1, -0.05) is 59.6 Å². The molecular weight excluding hydrogens is 379 g/mol. The van der Waals surface area contributed by atoms with Crippen molar-refractivity contribution >= 4 is 29.3 Å². The summed E-state index contributed by atoms with van der Waals surface area (Å²) in [5.74, 6) is 0.578. The fourth-order valence-electron chi connectivity index (χ4n) is 3.68. The first-order valence-electron chi connectivity index (χ1n) is 8.60. The summed E-state index contributed by atoms with van der Waals surface area (Å²) in [5.41, 5.74) is 10.4. The highest BCUT2D eigenvalue weighted by Crippen LogP contribution is 2.49. The molecule has 2 aliphatic rings. The van der Waals surface area contributed by atoms with Crippen molar-refractivity contribution in [1.82, 2.24) is 0 Å². The van der Waals surface area contributed by atoms with Crippen molar-refractivity contribution in [1.29, 1.82) is 5.26 Å². The number of benzene rings is 2. The van der Waals surface area contributed by atoms with Gasteiger partial charge in [-0.25, -0.2) is 0 Å². The van der Waals surface area contributed by atoms with E-state index in [-0.39, 0.29) is 11.8 Å². The van der Waals surface area contributed by atoms with Gasteiger partial charge in [0, 0.05) is 10.0 Å². The maximum atomic E-state index is 9.68. The van der Waals surface area contributed by atoms with Gasteiger partial charge in [0.25, 0.3) is 0 Å². The molecular formula is C22H16Cl2N2O. The lowest BCUT2D eigenvalue weighted by atomic mass is 9.83. The third-order valence-corrected chi connectivity index (χ3v) is 5.62. The summed E-state index contributed by atoms with van der Waals surface area (Å²) in [5, 5.41) is 11.0. The second kappa shape index (κ2) is 7.15. The molecule has 1 aliphatic carbocycles. The van der Waals surface area contributed by atoms with Crippen molar-refractivity contribution < 1.29 is 4.74 Å². The minimum atomic E-state index is -0.287. The molecule has 2 N–H and O–H groups in total. The van der Waals surface area contributed by atoms with Crippen LogP contribution in [0.5, 0.6) is 0 Å². The van der Waals surface area contributed by atoms with Gasteiger partial charge >= 0.3 is 0 Å². The molecule has 1 aliphatic heterocycles. The van der Waals surface area contributed by atoms with E-state index in [1.54, 1.807) is 0 Å². The van der Waals surface area contributed by atoms with Gasteiger partial charge in [0.1, 0.15) is 17.4 Å². The summed E-state index contributed by atoms with van der Waals surface area (Å²) < 4.78 is 5.89. The van der Waals surface area contributed by atoms with Crippen LogP contribution in [0.2, 0.25) is 10.0 Å². The molecule has 0 saturated heterocycles. The highest BCUT2D eigenvalue weighted by molar-refractivity contribution is 6.32. The first kappa shape index (κ1) is 17.7. The highest BCUT2D eigenvalue weighted by Gasteiger charge is 2.37. The van der Waals surface area contributed by atoms with Gasteiger partial charge in [-0.2, -0.15) is 5.26 Å². The molecule has 0 amide bonds. The van der Waals surface area contributed by atoms with E-state index in [0.29, 0.717) is 15.6 Å². The van der Waals surface area contributed by atoms with E-state index in [1.807, 2.05) is 54.6 Å². The summed E-state index contributed by atoms with van der Waals surface area (Å²) in [6.45, 7) is 0. The van der Waals surface area contributed by atoms with Crippen LogP contribution >= 0.6 is 23.2 Å². The molecule has 5 heteroatoms. The molecule has 1 atom stereocenters. The number of nitriles is 1. The molecule has 0 aromatic heterocycles. The van der Waals surface area contributed by atoms with Crippen LogP contribution in [-0.4, -0.2) is 0 Å². The quantitative estimate of drug-likeness (QED) is 0.685. The number of nitrogens with two attached hydrogens (primary N) is 1. The summed E-state index contributed by atoms with van der Waals surface area (Å²) >= 11 is 12.7. The molecule has 0 saturated carbocycles. The van der Waals surface area contributed by atoms with Gasteiger partial charge in [-0.15, -0.1) is 0 Å². The first-order chi connectivity index (χ1) is 13.1. The van der Waals surface area contributed by atoms with Gasteiger partial charge in [0.05, 0.1) is 5.92 Å². The zero-order valence-corrected chi connectivity index (χ0v) is 15.9. The van der Waals surface area contributed by atoms with Crippen LogP contribution in [0.25, 0.3) is 6.08 Å². The smallest absolute Gasteiger partial charge is 0.205 e. The second-order valence-corrected chi connectivity index (χ2v) is 7.31. The normalized spacial score (nSPS) is 20.5. The van der Waals surface area contributed by atoms with Crippen LogP contribution in [0.4, 0.5) is 0 Å². The molecule has 1 heterocycles. The first-order valence-corrected chi connectivity index (χ1v) is 9.36. The largest absolute Gasteiger partial charge is 0.440 e. The van der Waals surface area contributed by atoms with Crippen LogP contribution in [0, 0.1) is 11.3 Å². The maximum Gasteiger partial charge on any atom is 0.205 e. The number of hydrogen-bond acceptors (Lipinski definition) is 3. The van der Waals surface area contributed by atoms with Crippen molar-refractivity contribution in [2.24, 2.45) is 5.73 Å². The Bertz CT molecular complexity index is 1060. The average molecular weight is 395 g/mol. The topological polar surface area (TPSA) is 59.0 Å². The molecule has 4 rings (SSSR count). The minimum Gasteiger partial charge on any atom is -0.440 e. The van der Waals surface area contributed by atoms with E-state index >= 15 is 0 Å². The fraction of sp³-hybridized carbons (Fsp3) is 0.136. The Morgan fingerprint density at radius 2 is 1.74 bits per heavy atom. The molecule has 27 heavy (non-hydrogen) atoms. The molecule has 0 radical (unpaired) electrons. The second-order valence-electron chi connectivity index (χ2n) is 6.49. The van der Waals surface area contributed by atoms with E-state index in [4.69, 9.17) is 33.7 Å². The summed E-state index contributed by atoms with van der Waals surface area (Å²) in [6.07, 6.45) is 3.60. The lowest BCUT2D eigenvalue weighted by molar-refractivity contribution is 0.292.